The Hall–Kier alpha value is -2.87. The molecular weight excluding hydrogens is 288 g/mol. The van der Waals surface area contributed by atoms with Crippen LogP contribution in [0, 0.1) is 6.92 Å². The van der Waals surface area contributed by atoms with E-state index in [-0.39, 0.29) is 29.3 Å². The number of rotatable bonds is 8. The Balaban J connectivity index is 2.62. The van der Waals surface area contributed by atoms with Gasteiger partial charge in [-0.3, -0.25) is 14.4 Å². The molecule has 0 unspecified atom stereocenters. The lowest BCUT2D eigenvalue weighted by Crippen LogP contribution is -2.35. The first-order valence-electron chi connectivity index (χ1n) is 6.35. The molecule has 1 aromatic heterocycles. The van der Waals surface area contributed by atoms with Crippen molar-refractivity contribution < 1.29 is 18.8 Å². The van der Waals surface area contributed by atoms with E-state index >= 15 is 0 Å². The summed E-state index contributed by atoms with van der Waals surface area (Å²) in [5, 5.41) is 3.62. The molecule has 0 bridgehead atoms. The molecule has 0 saturated carbocycles. The van der Waals surface area contributed by atoms with Crippen LogP contribution in [0.4, 0.5) is 0 Å². The first-order valence-corrected chi connectivity index (χ1v) is 6.35. The summed E-state index contributed by atoms with van der Waals surface area (Å²) in [6, 6.07) is 1.22. The zero-order chi connectivity index (χ0) is 16.7. The summed E-state index contributed by atoms with van der Waals surface area (Å²) in [5.41, 5.74) is 6.13. The van der Waals surface area contributed by atoms with Crippen LogP contribution in [0.15, 0.2) is 35.0 Å². The standard InChI is InChI=1S/C14H18N4O4/c1-3-4-18(16)7-11(15)6-17-14(21)13(20)12-5-10(8-19)9(2)22-12/h3,5,7-8H,1,4,6,15-16H2,2H3,(H,17,21)/b11-7-. The highest BCUT2D eigenvalue weighted by Gasteiger charge is 2.21. The van der Waals surface area contributed by atoms with Crippen LogP contribution in [0.3, 0.4) is 0 Å². The summed E-state index contributed by atoms with van der Waals surface area (Å²) in [7, 11) is 0. The van der Waals surface area contributed by atoms with Crippen LogP contribution in [0.25, 0.3) is 0 Å². The maximum atomic E-state index is 11.8. The molecule has 0 saturated heterocycles. The van der Waals surface area contributed by atoms with Crippen molar-refractivity contribution >= 4 is 18.0 Å². The summed E-state index contributed by atoms with van der Waals surface area (Å²) >= 11 is 0. The molecule has 0 fully saturated rings. The average molecular weight is 306 g/mol. The topological polar surface area (TPSA) is 132 Å². The Morgan fingerprint density at radius 3 is 2.73 bits per heavy atom. The number of Topliss-reactive ketones (excluding diaryl/α,β-unsaturated/α-hetero) is 1. The van der Waals surface area contributed by atoms with Gasteiger partial charge in [0.2, 0.25) is 0 Å². The van der Waals surface area contributed by atoms with Gasteiger partial charge in [-0.25, -0.2) is 5.84 Å². The third-order valence-corrected chi connectivity index (χ3v) is 2.64. The van der Waals surface area contributed by atoms with Gasteiger partial charge in [0.25, 0.3) is 11.7 Å². The first-order chi connectivity index (χ1) is 10.4. The van der Waals surface area contributed by atoms with Gasteiger partial charge in [0.05, 0.1) is 18.7 Å². The second-order valence-corrected chi connectivity index (χ2v) is 4.44. The smallest absolute Gasteiger partial charge is 0.296 e. The van der Waals surface area contributed by atoms with Crippen LogP contribution >= 0.6 is 0 Å². The molecule has 0 aliphatic heterocycles. The van der Waals surface area contributed by atoms with Crippen molar-refractivity contribution in [2.75, 3.05) is 13.1 Å². The van der Waals surface area contributed by atoms with Gasteiger partial charge in [0.15, 0.2) is 12.0 Å². The maximum absolute atomic E-state index is 11.8. The number of carbonyl (C=O) groups is 3. The van der Waals surface area contributed by atoms with Gasteiger partial charge < -0.3 is 20.5 Å². The Bertz CT molecular complexity index is 618. The van der Waals surface area contributed by atoms with Gasteiger partial charge in [0, 0.05) is 11.9 Å². The van der Waals surface area contributed by atoms with Crippen molar-refractivity contribution in [2.45, 2.75) is 6.92 Å². The van der Waals surface area contributed by atoms with Crippen LogP contribution in [0.1, 0.15) is 26.7 Å². The Morgan fingerprint density at radius 1 is 1.50 bits per heavy atom. The molecule has 118 valence electrons. The molecule has 1 heterocycles. The summed E-state index contributed by atoms with van der Waals surface area (Å²) < 4.78 is 5.06. The fourth-order valence-corrected chi connectivity index (χ4v) is 1.56. The number of hydrazine groups is 1. The minimum atomic E-state index is -0.894. The molecule has 1 amide bonds. The number of nitrogens with two attached hydrogens (primary N) is 2. The fraction of sp³-hybridized carbons (Fsp3) is 0.214. The highest BCUT2D eigenvalue weighted by molar-refractivity contribution is 6.42. The lowest BCUT2D eigenvalue weighted by atomic mass is 10.2. The summed E-state index contributed by atoms with van der Waals surface area (Å²) in [6.45, 7) is 5.36. The molecule has 8 nitrogen and oxygen atoms in total. The number of nitrogens with one attached hydrogen (secondary N) is 1. The monoisotopic (exact) mass is 306 g/mol. The highest BCUT2D eigenvalue weighted by atomic mass is 16.3. The molecule has 22 heavy (non-hydrogen) atoms. The van der Waals surface area contributed by atoms with Crippen LogP contribution in [-0.4, -0.2) is 36.1 Å². The van der Waals surface area contributed by atoms with Crippen molar-refractivity contribution in [1.82, 2.24) is 10.3 Å². The van der Waals surface area contributed by atoms with Gasteiger partial charge in [-0.1, -0.05) is 6.08 Å². The first kappa shape index (κ1) is 17.2. The molecule has 0 radical (unpaired) electrons. The summed E-state index contributed by atoms with van der Waals surface area (Å²) in [4.78, 5) is 34.2. The minimum absolute atomic E-state index is 0.0599. The number of ketones is 1. The van der Waals surface area contributed by atoms with E-state index in [1.54, 1.807) is 6.08 Å². The zero-order valence-electron chi connectivity index (χ0n) is 12.2. The summed E-state index contributed by atoms with van der Waals surface area (Å²) in [5.74, 6) is 3.84. The van der Waals surface area contributed by atoms with Gasteiger partial charge >= 0.3 is 0 Å². The Kier molecular flexibility index (Phi) is 6.09. The third-order valence-electron chi connectivity index (χ3n) is 2.64. The van der Waals surface area contributed by atoms with Crippen molar-refractivity contribution in [1.29, 1.82) is 0 Å². The molecular formula is C14H18N4O4. The molecule has 0 atom stereocenters. The van der Waals surface area contributed by atoms with E-state index in [9.17, 15) is 14.4 Å². The Morgan fingerprint density at radius 2 is 2.18 bits per heavy atom. The largest absolute Gasteiger partial charge is 0.457 e. The quantitative estimate of drug-likeness (QED) is 0.152. The van der Waals surface area contributed by atoms with Gasteiger partial charge in [-0.2, -0.15) is 0 Å². The molecule has 1 rings (SSSR count). The maximum Gasteiger partial charge on any atom is 0.296 e. The van der Waals surface area contributed by atoms with Gasteiger partial charge in [0.1, 0.15) is 5.76 Å². The van der Waals surface area contributed by atoms with E-state index in [1.165, 1.54) is 24.2 Å². The van der Waals surface area contributed by atoms with Gasteiger partial charge in [-0.05, 0) is 13.0 Å². The van der Waals surface area contributed by atoms with E-state index in [0.29, 0.717) is 12.8 Å². The highest BCUT2D eigenvalue weighted by Crippen LogP contribution is 2.13. The Labute approximate surface area is 127 Å². The molecule has 0 aromatic carbocycles. The average Bonchev–Trinajstić information content (AvgIpc) is 2.85. The SMILES string of the molecule is C=CCN(N)/C=C(\N)CNC(=O)C(=O)c1cc(C=O)c(C)o1. The van der Waals surface area contributed by atoms with Crippen molar-refractivity contribution in [2.24, 2.45) is 11.6 Å². The lowest BCUT2D eigenvalue weighted by Gasteiger charge is -2.12. The second kappa shape index (κ2) is 7.79. The predicted octanol–water partition coefficient (Wildman–Crippen LogP) is -0.139. The second-order valence-electron chi connectivity index (χ2n) is 4.44. The normalized spacial score (nSPS) is 10.9. The van der Waals surface area contributed by atoms with Crippen molar-refractivity contribution in [3.05, 3.63) is 47.7 Å². The minimum Gasteiger partial charge on any atom is -0.457 e. The van der Waals surface area contributed by atoms with Gasteiger partial charge in [-0.15, -0.1) is 6.58 Å². The number of hydrogen-bond acceptors (Lipinski definition) is 7. The van der Waals surface area contributed by atoms with Crippen LogP contribution in [0.2, 0.25) is 0 Å². The van der Waals surface area contributed by atoms with E-state index < -0.39 is 11.7 Å². The van der Waals surface area contributed by atoms with E-state index in [4.69, 9.17) is 16.0 Å². The van der Waals surface area contributed by atoms with Crippen molar-refractivity contribution in [3.8, 4) is 0 Å². The molecule has 1 aromatic rings. The number of amides is 1. The van der Waals surface area contributed by atoms with E-state index in [1.807, 2.05) is 0 Å². The molecule has 0 aliphatic rings. The number of furan rings is 1. The molecule has 8 heteroatoms. The molecule has 0 aliphatic carbocycles. The number of aryl methyl sites for hydroxylation is 1. The van der Waals surface area contributed by atoms with E-state index in [0.717, 1.165) is 0 Å². The summed E-state index contributed by atoms with van der Waals surface area (Å²) in [6.07, 6.45) is 3.54. The number of hydrogen-bond donors (Lipinski definition) is 3. The zero-order valence-corrected chi connectivity index (χ0v) is 12.2. The number of nitrogens with zero attached hydrogens (tertiary/aromatic N) is 1. The third kappa shape index (κ3) is 4.60. The molecule has 0 spiro atoms. The van der Waals surface area contributed by atoms with Crippen LogP contribution in [-0.2, 0) is 4.79 Å². The predicted molar refractivity (Wildman–Crippen MR) is 79.5 cm³/mol. The fourth-order valence-electron chi connectivity index (χ4n) is 1.56. The van der Waals surface area contributed by atoms with Crippen molar-refractivity contribution in [3.63, 3.8) is 0 Å². The van der Waals surface area contributed by atoms with Crippen LogP contribution in [0.5, 0.6) is 0 Å². The number of aldehydes is 1. The lowest BCUT2D eigenvalue weighted by molar-refractivity contribution is -0.116. The van der Waals surface area contributed by atoms with E-state index in [2.05, 4.69) is 11.9 Å². The number of carbonyl (C=O) groups excluding carboxylic acids is 3. The van der Waals surface area contributed by atoms with Crippen LogP contribution < -0.4 is 16.9 Å². The molecule has 5 N–H and O–H groups in total.